The smallest absolute Gasteiger partial charge is 0.240 e. The van der Waals surface area contributed by atoms with Crippen LogP contribution < -0.4 is 4.72 Å². The fraction of sp³-hybridized carbons (Fsp3) is 0.600. The van der Waals surface area contributed by atoms with E-state index in [9.17, 15) is 8.42 Å². The number of hydrogen-bond donors (Lipinski definition) is 1. The van der Waals surface area contributed by atoms with Crippen molar-refractivity contribution in [3.63, 3.8) is 0 Å². The molecule has 0 unspecified atom stereocenters. The Labute approximate surface area is 144 Å². The second-order valence-electron chi connectivity index (χ2n) is 5.73. The third-order valence-electron chi connectivity index (χ3n) is 3.93. The number of halogens is 2. The maximum Gasteiger partial charge on any atom is 0.240 e. The average Bonchev–Trinajstić information content (AvgIpc) is 2.45. The van der Waals surface area contributed by atoms with Gasteiger partial charge in [0, 0.05) is 11.6 Å². The molecule has 0 bridgehead atoms. The van der Waals surface area contributed by atoms with Gasteiger partial charge in [-0.25, -0.2) is 13.1 Å². The monoisotopic (exact) mass is 366 g/mol. The Hall–Kier alpha value is -0.330. The molecule has 1 N–H and O–H groups in total. The minimum Gasteiger partial charge on any atom is -0.303 e. The summed E-state index contributed by atoms with van der Waals surface area (Å²) in [6, 6.07) is 6.33. The first kappa shape index (κ1) is 19.7. The van der Waals surface area contributed by atoms with Crippen LogP contribution in [0.15, 0.2) is 29.2 Å². The summed E-state index contributed by atoms with van der Waals surface area (Å²) in [5.74, 6) is 0.822. The average molecular weight is 367 g/mol. The molecule has 0 spiro atoms. The van der Waals surface area contributed by atoms with Crippen LogP contribution in [0, 0.1) is 5.92 Å². The predicted molar refractivity (Wildman–Crippen MR) is 93.3 cm³/mol. The van der Waals surface area contributed by atoms with Crippen LogP contribution >= 0.6 is 24.0 Å². The van der Waals surface area contributed by atoms with E-state index in [-0.39, 0.29) is 17.3 Å². The molecule has 0 amide bonds. The predicted octanol–water partition coefficient (Wildman–Crippen LogP) is 3.16. The molecule has 1 aromatic rings. The fourth-order valence-corrected chi connectivity index (χ4v) is 3.89. The van der Waals surface area contributed by atoms with Gasteiger partial charge in [0.15, 0.2) is 0 Å². The van der Waals surface area contributed by atoms with Crippen LogP contribution in [0.1, 0.15) is 26.2 Å². The van der Waals surface area contributed by atoms with E-state index in [0.717, 1.165) is 32.0 Å². The summed E-state index contributed by atoms with van der Waals surface area (Å²) in [5, 5.41) is 0.431. The Bertz CT molecular complexity index is 558. The van der Waals surface area contributed by atoms with Crippen molar-refractivity contribution in [3.8, 4) is 0 Å². The summed E-state index contributed by atoms with van der Waals surface area (Å²) < 4.78 is 26.8. The first-order chi connectivity index (χ1) is 9.97. The van der Waals surface area contributed by atoms with Crippen LogP contribution in [0.4, 0.5) is 0 Å². The zero-order chi connectivity index (χ0) is 15.3. The Morgan fingerprint density at radius 3 is 2.64 bits per heavy atom. The molecule has 1 aliphatic rings. The Morgan fingerprint density at radius 2 is 2.00 bits per heavy atom. The van der Waals surface area contributed by atoms with E-state index in [0.29, 0.717) is 11.6 Å². The van der Waals surface area contributed by atoms with Gasteiger partial charge in [0.2, 0.25) is 10.0 Å². The third kappa shape index (κ3) is 6.05. The van der Waals surface area contributed by atoms with E-state index in [1.54, 1.807) is 18.2 Å². The summed E-state index contributed by atoms with van der Waals surface area (Å²) in [6.45, 7) is 5.95. The number of sulfonamides is 1. The maximum absolute atomic E-state index is 12.1. The molecule has 1 fully saturated rings. The minimum atomic E-state index is -3.45. The SMILES string of the molecule is CC1CCN(CCCNS(=O)(=O)c2cccc(Cl)c2)CC1.Cl. The zero-order valence-electron chi connectivity index (χ0n) is 12.8. The first-order valence-electron chi connectivity index (χ1n) is 7.45. The fourth-order valence-electron chi connectivity index (χ4n) is 2.51. The first-order valence-corrected chi connectivity index (χ1v) is 9.31. The maximum atomic E-state index is 12.1. The third-order valence-corrected chi connectivity index (χ3v) is 5.62. The molecule has 0 radical (unpaired) electrons. The van der Waals surface area contributed by atoms with Gasteiger partial charge >= 0.3 is 0 Å². The van der Waals surface area contributed by atoms with Crippen molar-refractivity contribution in [1.82, 2.24) is 9.62 Å². The van der Waals surface area contributed by atoms with Crippen molar-refractivity contribution in [1.29, 1.82) is 0 Å². The highest BCUT2D eigenvalue weighted by Gasteiger charge is 2.16. The molecule has 126 valence electrons. The van der Waals surface area contributed by atoms with Gasteiger partial charge < -0.3 is 4.90 Å². The summed E-state index contributed by atoms with van der Waals surface area (Å²) in [7, 11) is -3.45. The van der Waals surface area contributed by atoms with E-state index in [4.69, 9.17) is 11.6 Å². The van der Waals surface area contributed by atoms with Crippen LogP contribution in [0.5, 0.6) is 0 Å². The van der Waals surface area contributed by atoms with Crippen molar-refractivity contribution in [2.75, 3.05) is 26.2 Å². The minimum absolute atomic E-state index is 0. The Morgan fingerprint density at radius 1 is 1.32 bits per heavy atom. The number of likely N-dealkylation sites (tertiary alicyclic amines) is 1. The molecule has 0 aromatic heterocycles. The van der Waals surface area contributed by atoms with E-state index >= 15 is 0 Å². The lowest BCUT2D eigenvalue weighted by molar-refractivity contribution is 0.191. The van der Waals surface area contributed by atoms with Gasteiger partial charge in [0.25, 0.3) is 0 Å². The summed E-state index contributed by atoms with van der Waals surface area (Å²) in [6.07, 6.45) is 3.32. The number of rotatable bonds is 6. The van der Waals surface area contributed by atoms with Crippen LogP contribution in [0.3, 0.4) is 0 Å². The number of piperidine rings is 1. The highest BCUT2D eigenvalue weighted by Crippen LogP contribution is 2.16. The lowest BCUT2D eigenvalue weighted by atomic mass is 9.99. The van der Waals surface area contributed by atoms with E-state index in [2.05, 4.69) is 16.5 Å². The Balaban J connectivity index is 0.00000242. The second kappa shape index (κ2) is 9.08. The van der Waals surface area contributed by atoms with Crippen LogP contribution in [0.25, 0.3) is 0 Å². The van der Waals surface area contributed by atoms with Crippen molar-refractivity contribution in [3.05, 3.63) is 29.3 Å². The molecule has 1 aromatic carbocycles. The highest BCUT2D eigenvalue weighted by atomic mass is 35.5. The van der Waals surface area contributed by atoms with Gasteiger partial charge in [0.05, 0.1) is 4.90 Å². The van der Waals surface area contributed by atoms with Gasteiger partial charge in [-0.1, -0.05) is 24.6 Å². The molecular formula is C15H24Cl2N2O2S. The molecule has 0 atom stereocenters. The molecule has 22 heavy (non-hydrogen) atoms. The summed E-state index contributed by atoms with van der Waals surface area (Å²) in [5.41, 5.74) is 0. The molecule has 4 nitrogen and oxygen atoms in total. The molecule has 7 heteroatoms. The van der Waals surface area contributed by atoms with Crippen molar-refractivity contribution >= 4 is 34.0 Å². The number of nitrogens with one attached hydrogen (secondary N) is 1. The van der Waals surface area contributed by atoms with E-state index < -0.39 is 10.0 Å². The number of nitrogens with zero attached hydrogens (tertiary/aromatic N) is 1. The lowest BCUT2D eigenvalue weighted by Crippen LogP contribution is -2.35. The second-order valence-corrected chi connectivity index (χ2v) is 7.94. The normalized spacial score (nSPS) is 17.2. The van der Waals surface area contributed by atoms with Gasteiger partial charge in [-0.2, -0.15) is 0 Å². The molecule has 1 heterocycles. The van der Waals surface area contributed by atoms with Crippen LogP contribution in [-0.4, -0.2) is 39.5 Å². The number of benzene rings is 1. The largest absolute Gasteiger partial charge is 0.303 e. The molecule has 1 saturated heterocycles. The highest BCUT2D eigenvalue weighted by molar-refractivity contribution is 7.89. The summed E-state index contributed by atoms with van der Waals surface area (Å²) in [4.78, 5) is 2.63. The van der Waals surface area contributed by atoms with Crippen molar-refractivity contribution < 1.29 is 8.42 Å². The standard InChI is InChI=1S/C15H23ClN2O2S.ClH/c1-13-6-10-18(11-7-13)9-3-8-17-21(19,20)15-5-2-4-14(16)12-15;/h2,4-5,12-13,17H,3,6-11H2,1H3;1H. The van der Waals surface area contributed by atoms with E-state index in [1.165, 1.54) is 18.9 Å². The van der Waals surface area contributed by atoms with Crippen molar-refractivity contribution in [2.24, 2.45) is 5.92 Å². The Kier molecular flexibility index (Phi) is 8.14. The zero-order valence-corrected chi connectivity index (χ0v) is 15.2. The topological polar surface area (TPSA) is 49.4 Å². The molecule has 1 aliphatic heterocycles. The molecule has 0 saturated carbocycles. The van der Waals surface area contributed by atoms with Gasteiger partial charge in [-0.15, -0.1) is 12.4 Å². The molecule has 2 rings (SSSR count). The van der Waals surface area contributed by atoms with Crippen molar-refractivity contribution in [2.45, 2.75) is 31.1 Å². The van der Waals surface area contributed by atoms with Gasteiger partial charge in [0.1, 0.15) is 0 Å². The van der Waals surface area contributed by atoms with Crippen LogP contribution in [0.2, 0.25) is 5.02 Å². The van der Waals surface area contributed by atoms with Gasteiger partial charge in [-0.3, -0.25) is 0 Å². The van der Waals surface area contributed by atoms with E-state index in [1.807, 2.05) is 0 Å². The quantitative estimate of drug-likeness (QED) is 0.786. The molecular weight excluding hydrogens is 343 g/mol. The summed E-state index contributed by atoms with van der Waals surface area (Å²) >= 11 is 5.83. The molecule has 0 aliphatic carbocycles. The number of hydrogen-bond acceptors (Lipinski definition) is 3. The van der Waals surface area contributed by atoms with Gasteiger partial charge in [-0.05, 0) is 63.0 Å². The lowest BCUT2D eigenvalue weighted by Gasteiger charge is -2.30. The van der Waals surface area contributed by atoms with Crippen LogP contribution in [-0.2, 0) is 10.0 Å².